The number of rotatable bonds is 2. The highest BCUT2D eigenvalue weighted by molar-refractivity contribution is 7.12. The van der Waals surface area contributed by atoms with Gasteiger partial charge in [0.15, 0.2) is 5.84 Å². The average molecular weight is 366 g/mol. The van der Waals surface area contributed by atoms with E-state index in [0.717, 1.165) is 11.1 Å². The Morgan fingerprint density at radius 1 is 1.00 bits per heavy atom. The summed E-state index contributed by atoms with van der Waals surface area (Å²) in [5, 5.41) is 5.29. The Morgan fingerprint density at radius 2 is 1.76 bits per heavy atom. The van der Waals surface area contributed by atoms with Gasteiger partial charge in [-0.05, 0) is 23.6 Å². The van der Waals surface area contributed by atoms with Crippen LogP contribution < -0.4 is 5.32 Å². The summed E-state index contributed by atoms with van der Waals surface area (Å²) in [6.45, 7) is 0. The summed E-state index contributed by atoms with van der Waals surface area (Å²) in [5.41, 5.74) is 2.35. The third kappa shape index (κ3) is 3.12. The fourth-order valence-corrected chi connectivity index (χ4v) is 3.32. The number of aliphatic imine (C=N–C) groups is 2. The summed E-state index contributed by atoms with van der Waals surface area (Å²) in [5.74, 6) is 0.854. The van der Waals surface area contributed by atoms with E-state index < -0.39 is 0 Å². The van der Waals surface area contributed by atoms with Gasteiger partial charge in [-0.25, -0.2) is 9.98 Å². The van der Waals surface area contributed by atoms with Crippen LogP contribution in [0.3, 0.4) is 0 Å². The standard InChI is InChI=1S/C19H12ClN3OS/c20-14-8-3-4-9-15(14)21-17-12-6-1-2-7-13(12)18(22-17)23-19(24)16-10-5-11-25-16/h1-11H,(H,21,22,23,24). The third-order valence-corrected chi connectivity index (χ3v) is 4.88. The van der Waals surface area contributed by atoms with Gasteiger partial charge < -0.3 is 5.32 Å². The molecule has 0 radical (unpaired) electrons. The number of nitrogens with zero attached hydrogens (tertiary/aromatic N) is 2. The van der Waals surface area contributed by atoms with Gasteiger partial charge in [0.1, 0.15) is 5.84 Å². The molecule has 122 valence electrons. The van der Waals surface area contributed by atoms with Crippen LogP contribution in [0.5, 0.6) is 0 Å². The lowest BCUT2D eigenvalue weighted by Crippen LogP contribution is -2.29. The molecule has 0 unspecified atom stereocenters. The van der Waals surface area contributed by atoms with E-state index in [1.54, 1.807) is 12.1 Å². The summed E-state index contributed by atoms with van der Waals surface area (Å²) < 4.78 is 0. The van der Waals surface area contributed by atoms with Crippen LogP contribution >= 0.6 is 22.9 Å². The van der Waals surface area contributed by atoms with Crippen LogP contribution in [0.25, 0.3) is 0 Å². The van der Waals surface area contributed by atoms with E-state index in [9.17, 15) is 4.79 Å². The van der Waals surface area contributed by atoms with Crippen molar-refractivity contribution in [2.24, 2.45) is 9.98 Å². The number of halogens is 1. The SMILES string of the molecule is O=C(NC1=NC(=Nc2ccccc2Cl)c2ccccc21)c1cccs1. The lowest BCUT2D eigenvalue weighted by Gasteiger charge is -2.04. The van der Waals surface area contributed by atoms with Crippen LogP contribution in [0.2, 0.25) is 5.02 Å². The minimum atomic E-state index is -0.178. The Hall–Kier alpha value is -2.76. The zero-order valence-electron chi connectivity index (χ0n) is 12.9. The largest absolute Gasteiger partial charge is 0.305 e. The van der Waals surface area contributed by atoms with Gasteiger partial charge in [-0.1, -0.05) is 54.1 Å². The van der Waals surface area contributed by atoms with Crippen LogP contribution in [0.15, 0.2) is 76.0 Å². The minimum Gasteiger partial charge on any atom is -0.305 e. The fourth-order valence-electron chi connectivity index (χ4n) is 2.52. The van der Waals surface area contributed by atoms with Crippen molar-refractivity contribution >= 4 is 46.2 Å². The van der Waals surface area contributed by atoms with E-state index >= 15 is 0 Å². The third-order valence-electron chi connectivity index (χ3n) is 3.70. The Labute approximate surface area is 153 Å². The van der Waals surface area contributed by atoms with Gasteiger partial charge in [-0.2, -0.15) is 0 Å². The van der Waals surface area contributed by atoms with E-state index in [0.29, 0.717) is 27.3 Å². The average Bonchev–Trinajstić information content (AvgIpc) is 3.27. The Balaban J connectivity index is 1.73. The van der Waals surface area contributed by atoms with Crippen molar-refractivity contribution in [3.8, 4) is 0 Å². The van der Waals surface area contributed by atoms with Gasteiger partial charge in [0.2, 0.25) is 0 Å². The molecular formula is C19H12ClN3OS. The number of benzene rings is 2. The first kappa shape index (κ1) is 15.7. The number of nitrogens with one attached hydrogen (secondary N) is 1. The molecule has 0 saturated carbocycles. The lowest BCUT2D eigenvalue weighted by atomic mass is 10.1. The first-order valence-electron chi connectivity index (χ1n) is 7.59. The highest BCUT2D eigenvalue weighted by Crippen LogP contribution is 2.27. The zero-order valence-corrected chi connectivity index (χ0v) is 14.5. The van der Waals surface area contributed by atoms with Crippen LogP contribution in [0.1, 0.15) is 20.8 Å². The minimum absolute atomic E-state index is 0.178. The number of amides is 1. The van der Waals surface area contributed by atoms with E-state index in [1.165, 1.54) is 11.3 Å². The van der Waals surface area contributed by atoms with Gasteiger partial charge in [-0.15, -0.1) is 11.3 Å². The summed E-state index contributed by atoms with van der Waals surface area (Å²) in [6.07, 6.45) is 0. The van der Waals surface area contributed by atoms with Crippen molar-refractivity contribution in [1.82, 2.24) is 5.32 Å². The molecule has 1 N–H and O–H groups in total. The van der Waals surface area contributed by atoms with E-state index in [-0.39, 0.29) is 5.91 Å². The molecule has 1 amide bonds. The Kier molecular flexibility index (Phi) is 4.17. The molecule has 0 bridgehead atoms. The highest BCUT2D eigenvalue weighted by Gasteiger charge is 2.23. The molecule has 1 aromatic heterocycles. The first-order chi connectivity index (χ1) is 12.2. The van der Waals surface area contributed by atoms with Gasteiger partial charge in [0.25, 0.3) is 5.91 Å². The summed E-state index contributed by atoms with van der Waals surface area (Å²) in [7, 11) is 0. The van der Waals surface area contributed by atoms with Crippen molar-refractivity contribution < 1.29 is 4.79 Å². The van der Waals surface area contributed by atoms with Crippen LogP contribution in [-0.4, -0.2) is 17.6 Å². The summed E-state index contributed by atoms with van der Waals surface area (Å²) >= 11 is 7.58. The zero-order chi connectivity index (χ0) is 17.2. The van der Waals surface area contributed by atoms with Crippen LogP contribution in [0.4, 0.5) is 5.69 Å². The molecule has 0 saturated heterocycles. The topological polar surface area (TPSA) is 53.8 Å². The summed E-state index contributed by atoms with van der Waals surface area (Å²) in [6, 6.07) is 18.6. The number of amidine groups is 2. The molecule has 25 heavy (non-hydrogen) atoms. The second-order valence-electron chi connectivity index (χ2n) is 5.32. The van der Waals surface area contributed by atoms with Gasteiger partial charge in [-0.3, -0.25) is 4.79 Å². The van der Waals surface area contributed by atoms with E-state index in [2.05, 4.69) is 15.3 Å². The molecule has 1 aliphatic heterocycles. The summed E-state index contributed by atoms with van der Waals surface area (Å²) in [4.78, 5) is 22.1. The van der Waals surface area contributed by atoms with Gasteiger partial charge in [0, 0.05) is 11.1 Å². The maximum atomic E-state index is 12.3. The molecular weight excluding hydrogens is 354 g/mol. The highest BCUT2D eigenvalue weighted by atomic mass is 35.5. The van der Waals surface area contributed by atoms with Crippen molar-refractivity contribution in [2.75, 3.05) is 0 Å². The van der Waals surface area contributed by atoms with Crippen molar-refractivity contribution in [3.05, 3.63) is 87.1 Å². The molecule has 4 rings (SSSR count). The van der Waals surface area contributed by atoms with E-state index in [1.807, 2.05) is 53.9 Å². The second-order valence-corrected chi connectivity index (χ2v) is 6.68. The van der Waals surface area contributed by atoms with Crippen molar-refractivity contribution in [3.63, 3.8) is 0 Å². The normalized spacial score (nSPS) is 14.3. The van der Waals surface area contributed by atoms with Crippen LogP contribution in [0, 0.1) is 0 Å². The number of hydrogen-bond acceptors (Lipinski definition) is 3. The van der Waals surface area contributed by atoms with E-state index in [4.69, 9.17) is 11.6 Å². The molecule has 2 aromatic carbocycles. The van der Waals surface area contributed by atoms with Gasteiger partial charge >= 0.3 is 0 Å². The number of carbonyl (C=O) groups is 1. The van der Waals surface area contributed by atoms with Crippen molar-refractivity contribution in [2.45, 2.75) is 0 Å². The fraction of sp³-hybridized carbons (Fsp3) is 0. The predicted molar refractivity (Wildman–Crippen MR) is 102 cm³/mol. The molecule has 2 heterocycles. The molecule has 0 atom stereocenters. The molecule has 6 heteroatoms. The smallest absolute Gasteiger partial charge is 0.266 e. The van der Waals surface area contributed by atoms with Crippen molar-refractivity contribution in [1.29, 1.82) is 0 Å². The number of fused-ring (bicyclic) bond motifs is 1. The maximum absolute atomic E-state index is 12.3. The Bertz CT molecular complexity index is 1010. The predicted octanol–water partition coefficient (Wildman–Crippen LogP) is 4.67. The lowest BCUT2D eigenvalue weighted by molar-refractivity contribution is 0.0981. The van der Waals surface area contributed by atoms with Crippen LogP contribution in [-0.2, 0) is 0 Å². The second kappa shape index (κ2) is 6.63. The molecule has 0 fully saturated rings. The molecule has 3 aromatic rings. The molecule has 4 nitrogen and oxygen atoms in total. The number of hydrogen-bond donors (Lipinski definition) is 1. The van der Waals surface area contributed by atoms with Gasteiger partial charge in [0.05, 0.1) is 15.6 Å². The quantitative estimate of drug-likeness (QED) is 0.704. The Morgan fingerprint density at radius 3 is 2.52 bits per heavy atom. The first-order valence-corrected chi connectivity index (χ1v) is 8.85. The number of thiophene rings is 1. The monoisotopic (exact) mass is 365 g/mol. The number of para-hydroxylation sites is 1. The molecule has 0 spiro atoms. The number of carbonyl (C=O) groups excluding carboxylic acids is 1. The molecule has 1 aliphatic rings. The molecule has 0 aliphatic carbocycles. The maximum Gasteiger partial charge on any atom is 0.266 e.